The highest BCUT2D eigenvalue weighted by Gasteiger charge is 2.16. The fourth-order valence-corrected chi connectivity index (χ4v) is 5.91. The van der Waals surface area contributed by atoms with Crippen molar-refractivity contribution in [3.05, 3.63) is 78.0 Å². The van der Waals surface area contributed by atoms with Gasteiger partial charge in [0.15, 0.2) is 15.8 Å². The summed E-state index contributed by atoms with van der Waals surface area (Å²) in [5.41, 5.74) is 5.11. The van der Waals surface area contributed by atoms with Crippen LogP contribution >= 0.6 is 23.1 Å². The molecule has 6 rings (SSSR count). The van der Waals surface area contributed by atoms with Gasteiger partial charge in [0.05, 0.1) is 21.7 Å². The van der Waals surface area contributed by atoms with Gasteiger partial charge in [-0.3, -0.25) is 4.79 Å². The smallest absolute Gasteiger partial charge is 0.234 e. The van der Waals surface area contributed by atoms with E-state index in [1.165, 1.54) is 11.8 Å². The summed E-state index contributed by atoms with van der Waals surface area (Å²) in [4.78, 5) is 17.3. The van der Waals surface area contributed by atoms with Crippen molar-refractivity contribution in [3.63, 3.8) is 0 Å². The monoisotopic (exact) mass is 496 g/mol. The maximum Gasteiger partial charge on any atom is 0.234 e. The number of aromatic nitrogens is 5. The Morgan fingerprint density at radius 1 is 1.00 bits per heavy atom. The Balaban J connectivity index is 1.26. The number of nitrogens with zero attached hydrogens (tertiary/aromatic N) is 5. The normalized spacial score (nSPS) is 11.5. The molecule has 6 aromatic rings. The van der Waals surface area contributed by atoms with E-state index in [-0.39, 0.29) is 11.7 Å². The molecule has 7 nitrogen and oxygen atoms in total. The summed E-state index contributed by atoms with van der Waals surface area (Å²) in [5, 5.41) is 18.7. The van der Waals surface area contributed by atoms with Crippen LogP contribution in [0.1, 0.15) is 11.3 Å². The lowest BCUT2D eigenvalue weighted by molar-refractivity contribution is -0.113. The number of carbonyl (C=O) groups is 1. The third kappa shape index (κ3) is 4.02. The molecule has 0 radical (unpaired) electrons. The Hall–Kier alpha value is -3.82. The summed E-state index contributed by atoms with van der Waals surface area (Å²) >= 11 is 3.04. The van der Waals surface area contributed by atoms with E-state index in [2.05, 4.69) is 20.5 Å². The Bertz CT molecular complexity index is 1710. The zero-order chi connectivity index (χ0) is 23.9. The Kier molecular flexibility index (Phi) is 5.43. The predicted octanol–water partition coefficient (Wildman–Crippen LogP) is 5.90. The van der Waals surface area contributed by atoms with Crippen molar-refractivity contribution >= 4 is 61.3 Å². The highest BCUT2D eigenvalue weighted by Crippen LogP contribution is 2.30. The molecule has 0 fully saturated rings. The molecule has 3 aromatic heterocycles. The SMILES string of the molecule is Cc1ccc(-c2nnc3c4ccccc4c(C)nn23)cc1NC(=O)CSc1nc2ccccc2s1. The first kappa shape index (κ1) is 21.7. The second-order valence-corrected chi connectivity index (χ2v) is 10.5. The van der Waals surface area contributed by atoms with Crippen LogP contribution < -0.4 is 5.32 Å². The van der Waals surface area contributed by atoms with Crippen molar-refractivity contribution in [2.24, 2.45) is 0 Å². The van der Waals surface area contributed by atoms with E-state index in [1.807, 2.05) is 80.6 Å². The molecule has 0 aliphatic rings. The largest absolute Gasteiger partial charge is 0.325 e. The quantitative estimate of drug-likeness (QED) is 0.299. The lowest BCUT2D eigenvalue weighted by Gasteiger charge is -2.10. The number of fused-ring (bicyclic) bond motifs is 4. The lowest BCUT2D eigenvalue weighted by atomic mass is 10.1. The molecule has 3 heterocycles. The van der Waals surface area contributed by atoms with Crippen LogP contribution in [0.15, 0.2) is 71.1 Å². The number of carbonyl (C=O) groups excluding carboxylic acids is 1. The molecular weight excluding hydrogens is 476 g/mol. The first-order chi connectivity index (χ1) is 17.1. The van der Waals surface area contributed by atoms with E-state index in [9.17, 15) is 4.79 Å². The number of thioether (sulfide) groups is 1. The molecule has 0 bridgehead atoms. The summed E-state index contributed by atoms with van der Waals surface area (Å²) < 4.78 is 3.78. The molecular formula is C26H20N6OS2. The van der Waals surface area contributed by atoms with E-state index in [0.29, 0.717) is 11.5 Å². The molecule has 0 aliphatic heterocycles. The van der Waals surface area contributed by atoms with Gasteiger partial charge < -0.3 is 5.32 Å². The minimum Gasteiger partial charge on any atom is -0.325 e. The fourth-order valence-electron chi connectivity index (χ4n) is 4.04. The van der Waals surface area contributed by atoms with E-state index in [1.54, 1.807) is 15.9 Å². The van der Waals surface area contributed by atoms with Crippen LogP contribution in [-0.4, -0.2) is 36.5 Å². The Morgan fingerprint density at radius 2 is 1.80 bits per heavy atom. The molecule has 1 amide bonds. The molecule has 0 atom stereocenters. The van der Waals surface area contributed by atoms with Gasteiger partial charge in [0.2, 0.25) is 5.91 Å². The predicted molar refractivity (Wildman–Crippen MR) is 142 cm³/mol. The highest BCUT2D eigenvalue weighted by molar-refractivity contribution is 8.01. The van der Waals surface area contributed by atoms with Crippen molar-refractivity contribution in [3.8, 4) is 11.4 Å². The molecule has 1 N–H and O–H groups in total. The number of rotatable bonds is 5. The van der Waals surface area contributed by atoms with Crippen LogP contribution in [0.4, 0.5) is 5.69 Å². The molecule has 9 heteroatoms. The topological polar surface area (TPSA) is 85.1 Å². The zero-order valence-electron chi connectivity index (χ0n) is 19.0. The molecule has 0 unspecified atom stereocenters. The van der Waals surface area contributed by atoms with Crippen molar-refractivity contribution in [1.29, 1.82) is 0 Å². The minimum atomic E-state index is -0.0828. The van der Waals surface area contributed by atoms with E-state index in [4.69, 9.17) is 5.10 Å². The number of thiazole rings is 1. The molecule has 0 aliphatic carbocycles. The molecule has 0 saturated carbocycles. The first-order valence-electron chi connectivity index (χ1n) is 11.1. The second-order valence-electron chi connectivity index (χ2n) is 8.20. The summed E-state index contributed by atoms with van der Waals surface area (Å²) in [5.74, 6) is 0.832. The van der Waals surface area contributed by atoms with Crippen LogP contribution in [0.3, 0.4) is 0 Å². The molecule has 172 valence electrons. The van der Waals surface area contributed by atoms with Gasteiger partial charge in [-0.05, 0) is 37.6 Å². The number of hydrogen-bond donors (Lipinski definition) is 1. The Morgan fingerprint density at radius 3 is 2.66 bits per heavy atom. The number of para-hydroxylation sites is 1. The van der Waals surface area contributed by atoms with Gasteiger partial charge >= 0.3 is 0 Å². The van der Waals surface area contributed by atoms with Crippen molar-refractivity contribution in [1.82, 2.24) is 24.8 Å². The molecule has 0 saturated heterocycles. The maximum atomic E-state index is 12.8. The number of benzene rings is 3. The van der Waals surface area contributed by atoms with Crippen LogP contribution in [0.5, 0.6) is 0 Å². The van der Waals surface area contributed by atoms with Crippen molar-refractivity contribution in [2.75, 3.05) is 11.1 Å². The van der Waals surface area contributed by atoms with Crippen LogP contribution in [0.2, 0.25) is 0 Å². The lowest BCUT2D eigenvalue weighted by Crippen LogP contribution is -2.15. The molecule has 3 aromatic carbocycles. The van der Waals surface area contributed by atoms with E-state index < -0.39 is 0 Å². The Labute approximate surface area is 209 Å². The highest BCUT2D eigenvalue weighted by atomic mass is 32.2. The average molecular weight is 497 g/mol. The van der Waals surface area contributed by atoms with Gasteiger partial charge in [-0.2, -0.15) is 9.61 Å². The van der Waals surface area contributed by atoms with Crippen molar-refractivity contribution < 1.29 is 4.79 Å². The third-order valence-electron chi connectivity index (χ3n) is 5.82. The van der Waals surface area contributed by atoms with Gasteiger partial charge in [0, 0.05) is 22.0 Å². The van der Waals surface area contributed by atoms with Gasteiger partial charge in [-0.25, -0.2) is 4.98 Å². The summed E-state index contributed by atoms with van der Waals surface area (Å²) in [6, 6.07) is 21.9. The third-order valence-corrected chi connectivity index (χ3v) is 8.00. The van der Waals surface area contributed by atoms with Gasteiger partial charge in [0.25, 0.3) is 0 Å². The van der Waals surface area contributed by atoms with Gasteiger partial charge in [0.1, 0.15) is 0 Å². The van der Waals surface area contributed by atoms with E-state index >= 15 is 0 Å². The summed E-state index contributed by atoms with van der Waals surface area (Å²) in [7, 11) is 0. The number of aryl methyl sites for hydroxylation is 2. The first-order valence-corrected chi connectivity index (χ1v) is 12.9. The van der Waals surface area contributed by atoms with Gasteiger partial charge in [-0.15, -0.1) is 21.5 Å². The maximum absolute atomic E-state index is 12.8. The fraction of sp³-hybridized carbons (Fsp3) is 0.115. The summed E-state index contributed by atoms with van der Waals surface area (Å²) in [6.07, 6.45) is 0. The molecule has 35 heavy (non-hydrogen) atoms. The standard InChI is InChI=1S/C26H20N6OS2/c1-15-11-12-17(24-29-30-25-19-8-4-3-7-18(19)16(2)31-32(24)25)13-21(15)27-23(33)14-34-26-28-20-9-5-6-10-22(20)35-26/h3-13H,14H2,1-2H3,(H,27,33). The second kappa shape index (κ2) is 8.75. The van der Waals surface area contributed by atoms with Crippen molar-refractivity contribution in [2.45, 2.75) is 18.2 Å². The number of anilines is 1. The van der Waals surface area contributed by atoms with Crippen LogP contribution in [-0.2, 0) is 4.79 Å². The number of amides is 1. The minimum absolute atomic E-state index is 0.0828. The van der Waals surface area contributed by atoms with Crippen LogP contribution in [0, 0.1) is 13.8 Å². The average Bonchev–Trinajstić information content (AvgIpc) is 3.48. The zero-order valence-corrected chi connectivity index (χ0v) is 20.7. The van der Waals surface area contributed by atoms with Gasteiger partial charge in [-0.1, -0.05) is 60.3 Å². The van der Waals surface area contributed by atoms with E-state index in [0.717, 1.165) is 47.8 Å². The number of hydrogen-bond acceptors (Lipinski definition) is 7. The van der Waals surface area contributed by atoms with Crippen LogP contribution in [0.25, 0.3) is 38.0 Å². The number of nitrogens with one attached hydrogen (secondary N) is 1. The summed E-state index contributed by atoms with van der Waals surface area (Å²) in [6.45, 7) is 3.95. The molecule has 0 spiro atoms.